The largest absolute Gasteiger partial charge is 0.371 e. The highest BCUT2D eigenvalue weighted by Crippen LogP contribution is 2.28. The second-order valence-electron chi connectivity index (χ2n) is 5.96. The summed E-state index contributed by atoms with van der Waals surface area (Å²) in [4.78, 5) is 0.369. The molecule has 1 aromatic rings. The van der Waals surface area contributed by atoms with Gasteiger partial charge in [-0.25, -0.2) is 8.42 Å². The summed E-state index contributed by atoms with van der Waals surface area (Å²) in [7, 11) is -3.43. The predicted molar refractivity (Wildman–Crippen MR) is 88.0 cm³/mol. The molecule has 2 aliphatic rings. The fourth-order valence-electron chi connectivity index (χ4n) is 3.07. The number of ether oxygens (including phenoxy) is 1. The third kappa shape index (κ3) is 3.46. The highest BCUT2D eigenvalue weighted by Gasteiger charge is 2.41. The molecule has 1 aromatic carbocycles. The van der Waals surface area contributed by atoms with Crippen molar-refractivity contribution >= 4 is 22.4 Å². The lowest BCUT2D eigenvalue weighted by atomic mass is 9.93. The predicted octanol–water partition coefficient (Wildman–Crippen LogP) is 1.56. The van der Waals surface area contributed by atoms with E-state index in [2.05, 4.69) is 5.32 Å². The number of hydrogen-bond acceptors (Lipinski definition) is 4. The summed E-state index contributed by atoms with van der Waals surface area (Å²) in [5.74, 6) is 0. The maximum absolute atomic E-state index is 12.8. The molecule has 0 amide bonds. The van der Waals surface area contributed by atoms with Gasteiger partial charge < -0.3 is 10.1 Å². The van der Waals surface area contributed by atoms with Crippen LogP contribution in [0.5, 0.6) is 0 Å². The Bertz CT molecular complexity index is 592. The van der Waals surface area contributed by atoms with E-state index >= 15 is 0 Å². The molecule has 124 valence electrons. The first-order chi connectivity index (χ1) is 10.0. The van der Waals surface area contributed by atoms with E-state index in [1.54, 1.807) is 16.4 Å². The molecule has 22 heavy (non-hydrogen) atoms. The Morgan fingerprint density at radius 1 is 1.27 bits per heavy atom. The first-order valence-corrected chi connectivity index (χ1v) is 8.87. The van der Waals surface area contributed by atoms with E-state index in [0.717, 1.165) is 31.5 Å². The lowest BCUT2D eigenvalue weighted by molar-refractivity contribution is -0.100. The number of hydrogen-bond donors (Lipinski definition) is 1. The maximum atomic E-state index is 12.8. The van der Waals surface area contributed by atoms with Gasteiger partial charge in [-0.15, -0.1) is 12.4 Å². The van der Waals surface area contributed by atoms with Crippen LogP contribution in [0.1, 0.15) is 18.4 Å². The maximum Gasteiger partial charge on any atom is 0.243 e. The molecule has 1 N–H and O–H groups in total. The quantitative estimate of drug-likeness (QED) is 0.883. The summed E-state index contributed by atoms with van der Waals surface area (Å²) < 4.78 is 33.0. The topological polar surface area (TPSA) is 58.6 Å². The van der Waals surface area contributed by atoms with Gasteiger partial charge in [0.2, 0.25) is 10.0 Å². The number of benzene rings is 1. The zero-order chi connectivity index (χ0) is 14.9. The molecule has 1 atom stereocenters. The van der Waals surface area contributed by atoms with Gasteiger partial charge in [0.05, 0.1) is 17.1 Å². The van der Waals surface area contributed by atoms with Crippen molar-refractivity contribution in [3.05, 3.63) is 29.8 Å². The van der Waals surface area contributed by atoms with E-state index in [0.29, 0.717) is 24.6 Å². The molecule has 0 saturated carbocycles. The van der Waals surface area contributed by atoms with Gasteiger partial charge in [-0.1, -0.05) is 17.7 Å². The minimum Gasteiger partial charge on any atom is -0.371 e. The molecular formula is C15H23ClN2O3S. The van der Waals surface area contributed by atoms with Crippen LogP contribution in [0.25, 0.3) is 0 Å². The van der Waals surface area contributed by atoms with Gasteiger partial charge in [-0.2, -0.15) is 4.31 Å². The lowest BCUT2D eigenvalue weighted by Gasteiger charge is -2.44. The third-order valence-electron chi connectivity index (χ3n) is 4.31. The Morgan fingerprint density at radius 2 is 2.00 bits per heavy atom. The van der Waals surface area contributed by atoms with Crippen molar-refractivity contribution in [2.45, 2.75) is 30.3 Å². The second-order valence-corrected chi connectivity index (χ2v) is 7.90. The Labute approximate surface area is 138 Å². The smallest absolute Gasteiger partial charge is 0.243 e. The molecule has 2 aliphatic heterocycles. The fourth-order valence-corrected chi connectivity index (χ4v) is 4.57. The van der Waals surface area contributed by atoms with E-state index in [4.69, 9.17) is 4.74 Å². The van der Waals surface area contributed by atoms with Crippen molar-refractivity contribution < 1.29 is 13.2 Å². The minimum atomic E-state index is -3.43. The molecule has 5 nitrogen and oxygen atoms in total. The number of halogens is 1. The first kappa shape index (κ1) is 17.7. The monoisotopic (exact) mass is 346 g/mol. The van der Waals surface area contributed by atoms with Crippen molar-refractivity contribution in [1.82, 2.24) is 9.62 Å². The third-order valence-corrected chi connectivity index (χ3v) is 6.16. The summed E-state index contributed by atoms with van der Waals surface area (Å²) in [6.45, 7) is 5.00. The van der Waals surface area contributed by atoms with Crippen LogP contribution >= 0.6 is 12.4 Å². The number of aryl methyl sites for hydroxylation is 1. The number of rotatable bonds is 2. The van der Waals surface area contributed by atoms with Gasteiger partial charge in [0.15, 0.2) is 0 Å². The van der Waals surface area contributed by atoms with Crippen LogP contribution in [0, 0.1) is 6.92 Å². The number of sulfonamides is 1. The molecule has 2 saturated heterocycles. The molecule has 0 aromatic heterocycles. The number of piperidine rings is 1. The summed E-state index contributed by atoms with van der Waals surface area (Å²) >= 11 is 0. The van der Waals surface area contributed by atoms with Crippen molar-refractivity contribution in [2.75, 3.05) is 32.8 Å². The van der Waals surface area contributed by atoms with Crippen LogP contribution in [-0.2, 0) is 14.8 Å². The molecule has 7 heteroatoms. The zero-order valence-corrected chi connectivity index (χ0v) is 14.4. The summed E-state index contributed by atoms with van der Waals surface area (Å²) in [6.07, 6.45) is 1.94. The van der Waals surface area contributed by atoms with Crippen LogP contribution in [0.2, 0.25) is 0 Å². The van der Waals surface area contributed by atoms with Crippen LogP contribution < -0.4 is 5.32 Å². The molecular weight excluding hydrogens is 324 g/mol. The Hall–Kier alpha value is -0.660. The average molecular weight is 347 g/mol. The van der Waals surface area contributed by atoms with Gasteiger partial charge in [-0.05, 0) is 38.4 Å². The molecule has 0 aliphatic carbocycles. The van der Waals surface area contributed by atoms with Crippen molar-refractivity contribution in [3.8, 4) is 0 Å². The van der Waals surface area contributed by atoms with Crippen LogP contribution in [0.15, 0.2) is 29.2 Å². The van der Waals surface area contributed by atoms with Gasteiger partial charge >= 0.3 is 0 Å². The van der Waals surface area contributed by atoms with Crippen LogP contribution in [0.4, 0.5) is 0 Å². The highest BCUT2D eigenvalue weighted by molar-refractivity contribution is 7.89. The van der Waals surface area contributed by atoms with E-state index in [9.17, 15) is 8.42 Å². The normalized spacial score (nSPS) is 26.6. The Morgan fingerprint density at radius 3 is 2.64 bits per heavy atom. The molecule has 2 fully saturated rings. The molecule has 2 heterocycles. The van der Waals surface area contributed by atoms with Gasteiger partial charge in [0.1, 0.15) is 0 Å². The zero-order valence-electron chi connectivity index (χ0n) is 12.7. The van der Waals surface area contributed by atoms with E-state index in [-0.39, 0.29) is 18.0 Å². The highest BCUT2D eigenvalue weighted by atomic mass is 35.5. The standard InChI is InChI=1S/C15H22N2O3S.ClH/c1-13-3-5-14(6-4-13)21(18,19)17-9-10-20-15(12-17)7-2-8-16-11-15;/h3-6,16H,2,7-12H2,1H3;1H. The lowest BCUT2D eigenvalue weighted by Crippen LogP contribution is -2.59. The number of morpholine rings is 1. The molecule has 0 radical (unpaired) electrons. The van der Waals surface area contributed by atoms with E-state index < -0.39 is 10.0 Å². The minimum absolute atomic E-state index is 0. The van der Waals surface area contributed by atoms with E-state index in [1.807, 2.05) is 19.1 Å². The van der Waals surface area contributed by atoms with Crippen molar-refractivity contribution in [3.63, 3.8) is 0 Å². The summed E-state index contributed by atoms with van der Waals surface area (Å²) in [6, 6.07) is 7.05. The van der Waals surface area contributed by atoms with Gasteiger partial charge in [-0.3, -0.25) is 0 Å². The Kier molecular flexibility index (Phi) is 5.50. The fraction of sp³-hybridized carbons (Fsp3) is 0.600. The van der Waals surface area contributed by atoms with Crippen LogP contribution in [0.3, 0.4) is 0 Å². The molecule has 1 unspecified atom stereocenters. The molecule has 1 spiro atoms. The SMILES string of the molecule is Cc1ccc(S(=O)(=O)N2CCOC3(CCCNC3)C2)cc1.Cl. The molecule has 0 bridgehead atoms. The number of nitrogens with zero attached hydrogens (tertiary/aromatic N) is 1. The van der Waals surface area contributed by atoms with Gasteiger partial charge in [0, 0.05) is 19.6 Å². The molecule has 3 rings (SSSR count). The Balaban J connectivity index is 0.00000176. The second kappa shape index (κ2) is 6.84. The van der Waals surface area contributed by atoms with E-state index in [1.165, 1.54) is 0 Å². The number of nitrogens with one attached hydrogen (secondary N) is 1. The summed E-state index contributed by atoms with van der Waals surface area (Å²) in [5, 5.41) is 3.32. The van der Waals surface area contributed by atoms with Gasteiger partial charge in [0.25, 0.3) is 0 Å². The van der Waals surface area contributed by atoms with Crippen molar-refractivity contribution in [1.29, 1.82) is 0 Å². The summed E-state index contributed by atoms with van der Waals surface area (Å²) in [5.41, 5.74) is 0.706. The van der Waals surface area contributed by atoms with Crippen molar-refractivity contribution in [2.24, 2.45) is 0 Å². The average Bonchev–Trinajstić information content (AvgIpc) is 2.48. The van der Waals surface area contributed by atoms with Crippen LogP contribution in [-0.4, -0.2) is 51.1 Å². The first-order valence-electron chi connectivity index (χ1n) is 7.43.